The Kier molecular flexibility index (Phi) is 5.19. The molecule has 2 atom stereocenters. The first-order valence-electron chi connectivity index (χ1n) is 7.52. The molecule has 0 bridgehead atoms. The van der Waals surface area contributed by atoms with Crippen LogP contribution < -0.4 is 10.6 Å². The van der Waals surface area contributed by atoms with E-state index in [0.717, 1.165) is 12.5 Å². The molecular formula is C14H25N3O2. The van der Waals surface area contributed by atoms with Crippen molar-refractivity contribution in [3.8, 4) is 0 Å². The van der Waals surface area contributed by atoms with E-state index in [4.69, 9.17) is 0 Å². The predicted molar refractivity (Wildman–Crippen MR) is 73.8 cm³/mol. The first-order chi connectivity index (χ1) is 9.20. The molecule has 1 saturated carbocycles. The van der Waals surface area contributed by atoms with Crippen LogP contribution in [-0.4, -0.2) is 42.5 Å². The molecular weight excluding hydrogens is 242 g/mol. The van der Waals surface area contributed by atoms with Crippen molar-refractivity contribution in [1.82, 2.24) is 15.5 Å². The van der Waals surface area contributed by atoms with E-state index in [9.17, 15) is 9.59 Å². The van der Waals surface area contributed by atoms with Crippen LogP contribution in [0.25, 0.3) is 0 Å². The second kappa shape index (κ2) is 6.89. The first kappa shape index (κ1) is 14.3. The molecule has 0 unspecified atom stereocenters. The van der Waals surface area contributed by atoms with Crippen molar-refractivity contribution < 1.29 is 9.59 Å². The SMILES string of the molecule is CCNC(=O)NC(=O)CN1CCC[C@@H]2CCCC[C@H]21. The molecule has 1 heterocycles. The summed E-state index contributed by atoms with van der Waals surface area (Å²) in [6, 6.07) is 0.173. The molecule has 0 radical (unpaired) electrons. The Morgan fingerprint density at radius 3 is 2.68 bits per heavy atom. The van der Waals surface area contributed by atoms with Crippen LogP contribution in [0.3, 0.4) is 0 Å². The Labute approximate surface area is 115 Å². The lowest BCUT2D eigenvalue weighted by atomic mass is 9.78. The fourth-order valence-corrected chi connectivity index (χ4v) is 3.48. The van der Waals surface area contributed by atoms with E-state index in [2.05, 4.69) is 15.5 Å². The molecule has 5 nitrogen and oxygen atoms in total. The number of carbonyl (C=O) groups is 2. The summed E-state index contributed by atoms with van der Waals surface area (Å²) in [5, 5.41) is 4.97. The van der Waals surface area contributed by atoms with Crippen molar-refractivity contribution in [2.45, 2.75) is 51.5 Å². The van der Waals surface area contributed by atoms with E-state index in [1.165, 1.54) is 38.5 Å². The van der Waals surface area contributed by atoms with Crippen molar-refractivity contribution in [1.29, 1.82) is 0 Å². The Hall–Kier alpha value is -1.10. The highest BCUT2D eigenvalue weighted by molar-refractivity contribution is 5.95. The number of nitrogens with one attached hydrogen (secondary N) is 2. The molecule has 1 saturated heterocycles. The molecule has 2 fully saturated rings. The van der Waals surface area contributed by atoms with E-state index in [1.807, 2.05) is 6.92 Å². The van der Waals surface area contributed by atoms with Crippen molar-refractivity contribution >= 4 is 11.9 Å². The van der Waals surface area contributed by atoms with Crippen LogP contribution in [0.1, 0.15) is 45.4 Å². The molecule has 1 aliphatic heterocycles. The molecule has 2 aliphatic rings. The quantitative estimate of drug-likeness (QED) is 0.814. The summed E-state index contributed by atoms with van der Waals surface area (Å²) >= 11 is 0. The number of piperidine rings is 1. The molecule has 1 aliphatic carbocycles. The third-order valence-corrected chi connectivity index (χ3v) is 4.30. The molecule has 108 valence electrons. The average Bonchev–Trinajstić information content (AvgIpc) is 2.39. The highest BCUT2D eigenvalue weighted by atomic mass is 16.2. The first-order valence-corrected chi connectivity index (χ1v) is 7.52. The lowest BCUT2D eigenvalue weighted by Gasteiger charge is -2.43. The summed E-state index contributed by atoms with van der Waals surface area (Å²) < 4.78 is 0. The number of hydrogen-bond acceptors (Lipinski definition) is 3. The Morgan fingerprint density at radius 1 is 1.16 bits per heavy atom. The van der Waals surface area contributed by atoms with Crippen LogP contribution in [0.5, 0.6) is 0 Å². The molecule has 5 heteroatoms. The third-order valence-electron chi connectivity index (χ3n) is 4.30. The summed E-state index contributed by atoms with van der Waals surface area (Å²) in [5.74, 6) is 0.581. The van der Waals surface area contributed by atoms with Crippen molar-refractivity contribution in [2.75, 3.05) is 19.6 Å². The van der Waals surface area contributed by atoms with E-state index >= 15 is 0 Å². The van der Waals surface area contributed by atoms with E-state index in [0.29, 0.717) is 19.1 Å². The summed E-state index contributed by atoms with van der Waals surface area (Å²) in [4.78, 5) is 25.5. The number of nitrogens with zero attached hydrogens (tertiary/aromatic N) is 1. The number of hydrogen-bond donors (Lipinski definition) is 2. The molecule has 2 rings (SSSR count). The average molecular weight is 267 g/mol. The van der Waals surface area contributed by atoms with Gasteiger partial charge in [0.15, 0.2) is 0 Å². The Bertz CT molecular complexity index is 331. The molecule has 19 heavy (non-hydrogen) atoms. The van der Waals surface area contributed by atoms with Gasteiger partial charge in [0.2, 0.25) is 5.91 Å². The van der Waals surface area contributed by atoms with Crippen LogP contribution in [0.15, 0.2) is 0 Å². The van der Waals surface area contributed by atoms with Gasteiger partial charge in [0.05, 0.1) is 6.54 Å². The zero-order chi connectivity index (χ0) is 13.7. The predicted octanol–water partition coefficient (Wildman–Crippen LogP) is 1.49. The van der Waals surface area contributed by atoms with Crippen LogP contribution in [0.4, 0.5) is 4.79 Å². The molecule has 3 amide bonds. The molecule has 0 aromatic rings. The van der Waals surface area contributed by atoms with Crippen molar-refractivity contribution in [3.05, 3.63) is 0 Å². The fourth-order valence-electron chi connectivity index (χ4n) is 3.48. The van der Waals surface area contributed by atoms with Crippen LogP contribution in [-0.2, 0) is 4.79 Å². The third kappa shape index (κ3) is 3.93. The van der Waals surface area contributed by atoms with Gasteiger partial charge in [-0.05, 0) is 45.1 Å². The van der Waals surface area contributed by atoms with Gasteiger partial charge >= 0.3 is 6.03 Å². The number of rotatable bonds is 3. The standard InChI is InChI=1S/C14H25N3O2/c1-2-15-14(19)16-13(18)10-17-9-5-7-11-6-3-4-8-12(11)17/h11-12H,2-10H2,1H3,(H2,15,16,18,19)/t11-,12+/m0/s1. The van der Waals surface area contributed by atoms with Gasteiger partial charge in [-0.3, -0.25) is 15.0 Å². The fraction of sp³-hybridized carbons (Fsp3) is 0.857. The van der Waals surface area contributed by atoms with E-state index in [1.54, 1.807) is 0 Å². The molecule has 2 N–H and O–H groups in total. The summed E-state index contributed by atoms with van der Waals surface area (Å²) in [5.41, 5.74) is 0. The van der Waals surface area contributed by atoms with Gasteiger partial charge in [-0.2, -0.15) is 0 Å². The molecule has 0 aromatic carbocycles. The van der Waals surface area contributed by atoms with Gasteiger partial charge in [-0.15, -0.1) is 0 Å². The normalized spacial score (nSPS) is 27.4. The lowest BCUT2D eigenvalue weighted by molar-refractivity contribution is -0.122. The maximum atomic E-state index is 11.9. The highest BCUT2D eigenvalue weighted by Crippen LogP contribution is 2.34. The zero-order valence-corrected chi connectivity index (χ0v) is 11.8. The minimum atomic E-state index is -0.385. The topological polar surface area (TPSA) is 61.4 Å². The molecule has 0 aromatic heterocycles. The van der Waals surface area contributed by atoms with E-state index < -0.39 is 0 Å². The Balaban J connectivity index is 1.83. The van der Waals surface area contributed by atoms with Crippen LogP contribution in [0, 0.1) is 5.92 Å². The minimum absolute atomic E-state index is 0.183. The summed E-state index contributed by atoms with van der Waals surface area (Å²) in [6.07, 6.45) is 7.60. The number of imide groups is 1. The monoisotopic (exact) mass is 267 g/mol. The second-order valence-corrected chi connectivity index (χ2v) is 5.63. The number of fused-ring (bicyclic) bond motifs is 1. The van der Waals surface area contributed by atoms with E-state index in [-0.39, 0.29) is 11.9 Å². The summed E-state index contributed by atoms with van der Waals surface area (Å²) in [7, 11) is 0. The lowest BCUT2D eigenvalue weighted by Crippen LogP contribution is -2.52. The smallest absolute Gasteiger partial charge is 0.321 e. The second-order valence-electron chi connectivity index (χ2n) is 5.63. The number of urea groups is 1. The van der Waals surface area contributed by atoms with Gasteiger partial charge < -0.3 is 5.32 Å². The van der Waals surface area contributed by atoms with Crippen molar-refractivity contribution in [3.63, 3.8) is 0 Å². The number of carbonyl (C=O) groups excluding carboxylic acids is 2. The number of likely N-dealkylation sites (tertiary alicyclic amines) is 1. The maximum Gasteiger partial charge on any atom is 0.321 e. The van der Waals surface area contributed by atoms with Gasteiger partial charge in [-0.1, -0.05) is 12.8 Å². The molecule has 0 spiro atoms. The highest BCUT2D eigenvalue weighted by Gasteiger charge is 2.33. The van der Waals surface area contributed by atoms with Gasteiger partial charge in [-0.25, -0.2) is 4.79 Å². The summed E-state index contributed by atoms with van der Waals surface area (Å²) in [6.45, 7) is 3.72. The van der Waals surface area contributed by atoms with Crippen LogP contribution >= 0.6 is 0 Å². The van der Waals surface area contributed by atoms with Gasteiger partial charge in [0.25, 0.3) is 0 Å². The Morgan fingerprint density at radius 2 is 1.89 bits per heavy atom. The zero-order valence-electron chi connectivity index (χ0n) is 11.8. The largest absolute Gasteiger partial charge is 0.338 e. The van der Waals surface area contributed by atoms with Gasteiger partial charge in [0.1, 0.15) is 0 Å². The number of amides is 3. The van der Waals surface area contributed by atoms with Crippen molar-refractivity contribution in [2.24, 2.45) is 5.92 Å². The maximum absolute atomic E-state index is 11.9. The minimum Gasteiger partial charge on any atom is -0.338 e. The van der Waals surface area contributed by atoms with Gasteiger partial charge in [0, 0.05) is 12.6 Å². The van der Waals surface area contributed by atoms with Crippen LogP contribution in [0.2, 0.25) is 0 Å².